The third kappa shape index (κ3) is 3.59. The van der Waals surface area contributed by atoms with Crippen LogP contribution in [0.2, 0.25) is 5.02 Å². The molecule has 1 fully saturated rings. The highest BCUT2D eigenvalue weighted by atomic mass is 35.5. The summed E-state index contributed by atoms with van der Waals surface area (Å²) < 4.78 is 0. The van der Waals surface area contributed by atoms with Crippen molar-refractivity contribution in [3.63, 3.8) is 0 Å². The molecular weight excluding hydrogens is 250 g/mol. The molecular formula is C14H16ClNO2. The first-order chi connectivity index (χ1) is 8.65. The first-order valence-electron chi connectivity index (χ1n) is 6.06. The smallest absolute Gasteiger partial charge is 0.246 e. The summed E-state index contributed by atoms with van der Waals surface area (Å²) in [7, 11) is 0. The molecule has 18 heavy (non-hydrogen) atoms. The summed E-state index contributed by atoms with van der Waals surface area (Å²) in [6, 6.07) is 7.33. The normalized spacial score (nSPS) is 20.3. The fourth-order valence-electron chi connectivity index (χ4n) is 2.04. The van der Waals surface area contributed by atoms with E-state index >= 15 is 0 Å². The standard InChI is InChI=1S/C14H16ClNO2/c15-12-4-1-3-11(9-12)6-7-14(18)16-8-2-5-13(17)10-16/h1,3-4,6-7,9,13,17H,2,5,8,10H2/b7-6+. The van der Waals surface area contributed by atoms with Crippen LogP contribution in [0.25, 0.3) is 6.08 Å². The zero-order valence-corrected chi connectivity index (χ0v) is 10.8. The number of carbonyl (C=O) groups excluding carboxylic acids is 1. The minimum absolute atomic E-state index is 0.0614. The van der Waals surface area contributed by atoms with Gasteiger partial charge in [-0.25, -0.2) is 0 Å². The number of aliphatic hydroxyl groups excluding tert-OH is 1. The van der Waals surface area contributed by atoms with Crippen LogP contribution in [0.15, 0.2) is 30.3 Å². The van der Waals surface area contributed by atoms with Gasteiger partial charge in [0.15, 0.2) is 0 Å². The first-order valence-corrected chi connectivity index (χ1v) is 6.43. The molecule has 2 rings (SSSR count). The Hall–Kier alpha value is -1.32. The lowest BCUT2D eigenvalue weighted by Gasteiger charge is -2.29. The van der Waals surface area contributed by atoms with Crippen LogP contribution in [0.4, 0.5) is 0 Å². The van der Waals surface area contributed by atoms with Crippen molar-refractivity contribution >= 4 is 23.6 Å². The summed E-state index contributed by atoms with van der Waals surface area (Å²) in [6.45, 7) is 1.15. The van der Waals surface area contributed by atoms with Crippen LogP contribution >= 0.6 is 11.6 Å². The van der Waals surface area contributed by atoms with E-state index in [4.69, 9.17) is 11.6 Å². The number of benzene rings is 1. The first kappa shape index (κ1) is 13.1. The van der Waals surface area contributed by atoms with Gasteiger partial charge < -0.3 is 10.0 Å². The predicted octanol–water partition coefficient (Wildman–Crippen LogP) is 2.34. The summed E-state index contributed by atoms with van der Waals surface area (Å²) in [5, 5.41) is 10.2. The van der Waals surface area contributed by atoms with E-state index in [0.717, 1.165) is 24.9 Å². The van der Waals surface area contributed by atoms with Gasteiger partial charge in [0, 0.05) is 24.2 Å². The topological polar surface area (TPSA) is 40.5 Å². The van der Waals surface area contributed by atoms with Crippen LogP contribution in [0.1, 0.15) is 18.4 Å². The van der Waals surface area contributed by atoms with Crippen molar-refractivity contribution < 1.29 is 9.90 Å². The second kappa shape index (κ2) is 6.03. The summed E-state index contributed by atoms with van der Waals surface area (Å²) in [5.74, 6) is -0.0614. The Morgan fingerprint density at radius 3 is 3.06 bits per heavy atom. The van der Waals surface area contributed by atoms with E-state index in [0.29, 0.717) is 11.6 Å². The molecule has 0 spiro atoms. The van der Waals surface area contributed by atoms with Gasteiger partial charge in [-0.1, -0.05) is 23.7 Å². The zero-order chi connectivity index (χ0) is 13.0. The third-order valence-electron chi connectivity index (χ3n) is 2.98. The van der Waals surface area contributed by atoms with Crippen molar-refractivity contribution in [3.05, 3.63) is 40.9 Å². The number of β-amino-alcohol motifs (C(OH)–C–C–N with tert-alkyl or cyclic N) is 1. The number of carbonyl (C=O) groups is 1. The molecule has 0 radical (unpaired) electrons. The van der Waals surface area contributed by atoms with E-state index in [1.54, 1.807) is 23.1 Å². The van der Waals surface area contributed by atoms with Crippen LogP contribution in [0.3, 0.4) is 0 Å². The summed E-state index contributed by atoms with van der Waals surface area (Å²) in [5.41, 5.74) is 0.897. The number of piperidine rings is 1. The molecule has 1 N–H and O–H groups in total. The lowest BCUT2D eigenvalue weighted by molar-refractivity contribution is -0.128. The van der Waals surface area contributed by atoms with Crippen molar-refractivity contribution in [1.82, 2.24) is 4.90 Å². The van der Waals surface area contributed by atoms with Gasteiger partial charge in [0.2, 0.25) is 5.91 Å². The Kier molecular flexibility index (Phi) is 4.39. The molecule has 1 unspecified atom stereocenters. The fraction of sp³-hybridized carbons (Fsp3) is 0.357. The van der Waals surface area contributed by atoms with Crippen molar-refractivity contribution in [1.29, 1.82) is 0 Å². The van der Waals surface area contributed by atoms with Gasteiger partial charge in [-0.3, -0.25) is 4.79 Å². The Morgan fingerprint density at radius 1 is 1.50 bits per heavy atom. The van der Waals surface area contributed by atoms with Crippen molar-refractivity contribution in [3.8, 4) is 0 Å². The van der Waals surface area contributed by atoms with E-state index in [-0.39, 0.29) is 12.0 Å². The number of rotatable bonds is 2. The van der Waals surface area contributed by atoms with Gasteiger partial charge in [-0.05, 0) is 36.6 Å². The average molecular weight is 266 g/mol. The second-order valence-corrected chi connectivity index (χ2v) is 4.91. The molecule has 1 saturated heterocycles. The quantitative estimate of drug-likeness (QED) is 0.834. The molecule has 3 nitrogen and oxygen atoms in total. The maximum atomic E-state index is 11.9. The Bertz CT molecular complexity index is 459. The van der Waals surface area contributed by atoms with E-state index in [2.05, 4.69) is 0 Å². The van der Waals surface area contributed by atoms with Crippen molar-refractivity contribution in [2.24, 2.45) is 0 Å². The average Bonchev–Trinajstić information content (AvgIpc) is 2.36. The van der Waals surface area contributed by atoms with Crippen molar-refractivity contribution in [2.75, 3.05) is 13.1 Å². The number of halogens is 1. The number of aliphatic hydroxyl groups is 1. The highest BCUT2D eigenvalue weighted by Gasteiger charge is 2.20. The molecule has 0 bridgehead atoms. The Labute approximate surface area is 112 Å². The molecule has 1 aliphatic heterocycles. The molecule has 1 aromatic carbocycles. The highest BCUT2D eigenvalue weighted by molar-refractivity contribution is 6.30. The lowest BCUT2D eigenvalue weighted by atomic mass is 10.1. The minimum atomic E-state index is -0.387. The maximum absolute atomic E-state index is 11.9. The molecule has 96 valence electrons. The highest BCUT2D eigenvalue weighted by Crippen LogP contribution is 2.13. The van der Waals surface area contributed by atoms with Gasteiger partial charge in [0.25, 0.3) is 0 Å². The van der Waals surface area contributed by atoms with Crippen LogP contribution in [-0.2, 0) is 4.79 Å². The van der Waals surface area contributed by atoms with Crippen LogP contribution in [0.5, 0.6) is 0 Å². The lowest BCUT2D eigenvalue weighted by Crippen LogP contribution is -2.41. The maximum Gasteiger partial charge on any atom is 0.246 e. The van der Waals surface area contributed by atoms with Crippen LogP contribution in [0, 0.1) is 0 Å². The molecule has 0 aromatic heterocycles. The molecule has 1 aromatic rings. The van der Waals surface area contributed by atoms with Crippen LogP contribution < -0.4 is 0 Å². The van der Waals surface area contributed by atoms with E-state index in [1.165, 1.54) is 6.08 Å². The monoisotopic (exact) mass is 265 g/mol. The fourth-order valence-corrected chi connectivity index (χ4v) is 2.24. The largest absolute Gasteiger partial charge is 0.391 e. The van der Waals surface area contributed by atoms with Gasteiger partial charge in [-0.15, -0.1) is 0 Å². The number of likely N-dealkylation sites (tertiary alicyclic amines) is 1. The molecule has 1 atom stereocenters. The minimum Gasteiger partial charge on any atom is -0.391 e. The molecule has 4 heteroatoms. The Balaban J connectivity index is 1.98. The number of amides is 1. The Morgan fingerprint density at radius 2 is 2.33 bits per heavy atom. The summed E-state index contributed by atoms with van der Waals surface area (Å²) >= 11 is 5.87. The molecule has 0 aliphatic carbocycles. The molecule has 0 saturated carbocycles. The number of hydrogen-bond acceptors (Lipinski definition) is 2. The second-order valence-electron chi connectivity index (χ2n) is 4.47. The SMILES string of the molecule is O=C(/C=C/c1cccc(Cl)c1)N1CCCC(O)C1. The van der Waals surface area contributed by atoms with Gasteiger partial charge >= 0.3 is 0 Å². The molecule has 1 aliphatic rings. The van der Waals surface area contributed by atoms with Crippen molar-refractivity contribution in [2.45, 2.75) is 18.9 Å². The third-order valence-corrected chi connectivity index (χ3v) is 3.21. The number of hydrogen-bond donors (Lipinski definition) is 1. The molecule has 1 heterocycles. The zero-order valence-electron chi connectivity index (χ0n) is 10.1. The van der Waals surface area contributed by atoms with E-state index in [9.17, 15) is 9.90 Å². The van der Waals surface area contributed by atoms with E-state index < -0.39 is 0 Å². The number of nitrogens with zero attached hydrogens (tertiary/aromatic N) is 1. The van der Waals surface area contributed by atoms with Crippen LogP contribution in [-0.4, -0.2) is 35.1 Å². The predicted molar refractivity (Wildman–Crippen MR) is 72.3 cm³/mol. The molecule has 1 amide bonds. The van der Waals surface area contributed by atoms with Gasteiger partial charge in [-0.2, -0.15) is 0 Å². The summed E-state index contributed by atoms with van der Waals surface area (Å²) in [4.78, 5) is 13.6. The van der Waals surface area contributed by atoms with Gasteiger partial charge in [0.05, 0.1) is 6.10 Å². The summed E-state index contributed by atoms with van der Waals surface area (Å²) in [6.07, 6.45) is 4.53. The van der Waals surface area contributed by atoms with Gasteiger partial charge in [0.1, 0.15) is 0 Å². The van der Waals surface area contributed by atoms with E-state index in [1.807, 2.05) is 12.1 Å².